The fourth-order valence-electron chi connectivity index (χ4n) is 2.97. The smallest absolute Gasteiger partial charge is 0.165 e. The molecule has 0 amide bonds. The van der Waals surface area contributed by atoms with Crippen LogP contribution in [-0.4, -0.2) is 25.3 Å². The molecule has 0 unspecified atom stereocenters. The van der Waals surface area contributed by atoms with Crippen molar-refractivity contribution in [3.63, 3.8) is 0 Å². The first kappa shape index (κ1) is 17.3. The molecule has 0 radical (unpaired) electrons. The third kappa shape index (κ3) is 3.85. The molecule has 7 heteroatoms. The van der Waals surface area contributed by atoms with Crippen LogP contribution in [0.4, 0.5) is 0 Å². The van der Waals surface area contributed by atoms with Crippen LogP contribution in [0, 0.1) is 0 Å². The van der Waals surface area contributed by atoms with Crippen molar-refractivity contribution >= 4 is 22.7 Å². The van der Waals surface area contributed by atoms with Gasteiger partial charge in [0.15, 0.2) is 11.5 Å². The molecule has 26 heavy (non-hydrogen) atoms. The predicted octanol–water partition coefficient (Wildman–Crippen LogP) is 4.06. The number of ether oxygens (including phenoxy) is 3. The minimum atomic E-state index is 0.155. The van der Waals surface area contributed by atoms with Crippen LogP contribution in [0.3, 0.4) is 0 Å². The summed E-state index contributed by atoms with van der Waals surface area (Å²) < 4.78 is 16.9. The number of aromatic nitrogens is 1. The van der Waals surface area contributed by atoms with E-state index >= 15 is 0 Å². The maximum atomic E-state index is 5.71. The zero-order valence-electron chi connectivity index (χ0n) is 14.4. The molecule has 0 fully saturated rings. The lowest BCUT2D eigenvalue weighted by molar-refractivity contribution is 0.170. The molecule has 1 atom stereocenters. The van der Waals surface area contributed by atoms with Gasteiger partial charge in [-0.1, -0.05) is 0 Å². The molecular weight excluding hydrogens is 368 g/mol. The van der Waals surface area contributed by atoms with Crippen LogP contribution in [0.25, 0.3) is 0 Å². The van der Waals surface area contributed by atoms with E-state index in [-0.39, 0.29) is 6.04 Å². The third-order valence-corrected chi connectivity index (χ3v) is 5.87. The molecule has 1 aliphatic rings. The van der Waals surface area contributed by atoms with Crippen molar-refractivity contribution in [1.29, 1.82) is 0 Å². The topological polar surface area (TPSA) is 52.6 Å². The third-order valence-electron chi connectivity index (χ3n) is 4.25. The van der Waals surface area contributed by atoms with Crippen LogP contribution < -0.4 is 19.5 Å². The Bertz CT molecular complexity index is 835. The Balaban J connectivity index is 1.53. The van der Waals surface area contributed by atoms with Gasteiger partial charge in [-0.05, 0) is 34.9 Å². The first-order chi connectivity index (χ1) is 12.8. The average Bonchev–Trinajstić information content (AvgIpc) is 3.38. The molecule has 1 aliphatic heterocycles. The van der Waals surface area contributed by atoms with E-state index < -0.39 is 0 Å². The summed E-state index contributed by atoms with van der Waals surface area (Å²) in [5.41, 5.74) is 2.36. The fraction of sp³-hybridized carbons (Fsp3) is 0.316. The van der Waals surface area contributed by atoms with Crippen LogP contribution in [0.2, 0.25) is 0 Å². The summed E-state index contributed by atoms with van der Waals surface area (Å²) >= 11 is 3.39. The summed E-state index contributed by atoms with van der Waals surface area (Å²) in [5.74, 6) is 2.32. The summed E-state index contributed by atoms with van der Waals surface area (Å²) in [6.07, 6.45) is 2.76. The molecule has 0 aliphatic carbocycles. The van der Waals surface area contributed by atoms with Crippen molar-refractivity contribution in [2.24, 2.45) is 0 Å². The highest BCUT2D eigenvalue weighted by Crippen LogP contribution is 2.37. The summed E-state index contributed by atoms with van der Waals surface area (Å²) in [7, 11) is 1.68. The minimum Gasteiger partial charge on any atom is -0.496 e. The average molecular weight is 389 g/mol. The molecule has 0 saturated heterocycles. The van der Waals surface area contributed by atoms with Crippen LogP contribution in [-0.2, 0) is 13.0 Å². The normalized spacial score (nSPS) is 14.2. The Labute approximate surface area is 160 Å². The molecule has 0 saturated carbocycles. The number of hydrogen-bond acceptors (Lipinski definition) is 7. The molecule has 1 aromatic carbocycles. The van der Waals surface area contributed by atoms with Gasteiger partial charge in [-0.3, -0.25) is 0 Å². The van der Waals surface area contributed by atoms with E-state index in [1.54, 1.807) is 29.8 Å². The van der Waals surface area contributed by atoms with E-state index in [0.29, 0.717) is 19.8 Å². The Kier molecular flexibility index (Phi) is 5.38. The van der Waals surface area contributed by atoms with Gasteiger partial charge in [-0.2, -0.15) is 11.3 Å². The second-order valence-corrected chi connectivity index (χ2v) is 7.65. The lowest BCUT2D eigenvalue weighted by atomic mass is 10.1. The molecule has 1 N–H and O–H groups in total. The number of hydrogen-bond donors (Lipinski definition) is 1. The van der Waals surface area contributed by atoms with Crippen LogP contribution in [0.1, 0.15) is 22.2 Å². The highest BCUT2D eigenvalue weighted by atomic mass is 32.1. The van der Waals surface area contributed by atoms with Gasteiger partial charge in [0.05, 0.1) is 13.2 Å². The van der Waals surface area contributed by atoms with Gasteiger partial charge in [-0.25, -0.2) is 4.98 Å². The van der Waals surface area contributed by atoms with E-state index in [2.05, 4.69) is 27.1 Å². The highest BCUT2D eigenvalue weighted by Gasteiger charge is 2.19. The summed E-state index contributed by atoms with van der Waals surface area (Å²) in [6, 6.07) is 6.23. The van der Waals surface area contributed by atoms with Crippen molar-refractivity contribution in [1.82, 2.24) is 10.3 Å². The van der Waals surface area contributed by atoms with E-state index in [1.807, 2.05) is 23.7 Å². The number of thiophene rings is 1. The first-order valence-corrected chi connectivity index (χ1v) is 10.3. The number of nitrogens with one attached hydrogen (secondary N) is 1. The first-order valence-electron chi connectivity index (χ1n) is 8.44. The molecule has 4 rings (SSSR count). The Morgan fingerprint density at radius 3 is 2.77 bits per heavy atom. The number of methoxy groups -OCH3 is 1. The number of thiazole rings is 1. The van der Waals surface area contributed by atoms with Crippen LogP contribution in [0.15, 0.2) is 40.5 Å². The molecule has 3 aromatic rings. The molecule has 0 spiro atoms. The summed E-state index contributed by atoms with van der Waals surface area (Å²) in [4.78, 5) is 4.51. The van der Waals surface area contributed by atoms with Gasteiger partial charge >= 0.3 is 0 Å². The number of nitrogens with zero attached hydrogens (tertiary/aromatic N) is 1. The van der Waals surface area contributed by atoms with E-state index in [9.17, 15) is 0 Å². The lowest BCUT2D eigenvalue weighted by Gasteiger charge is -2.22. The number of fused-ring (bicyclic) bond motifs is 1. The molecular formula is C19H20N2O3S2. The van der Waals surface area contributed by atoms with Crippen molar-refractivity contribution in [2.45, 2.75) is 19.0 Å². The lowest BCUT2D eigenvalue weighted by Crippen LogP contribution is -2.23. The number of rotatable bonds is 7. The standard InChI is InChI=1S/C19H20N2O3S2/c1-22-16-10-18-17(23-4-5-24-18)9-14(16)11-21-15(19-20-3-7-26-19)8-13-2-6-25-12-13/h2-3,6-7,9-10,12,15,21H,4-5,8,11H2,1H3/t15-/m1/s1. The van der Waals surface area contributed by atoms with Crippen LogP contribution in [0.5, 0.6) is 17.2 Å². The minimum absolute atomic E-state index is 0.155. The van der Waals surface area contributed by atoms with Gasteiger partial charge in [0, 0.05) is 29.8 Å². The maximum absolute atomic E-state index is 5.71. The Hall–Kier alpha value is -2.09. The SMILES string of the molecule is COc1cc2c(cc1CN[C@H](Cc1ccsc1)c1nccs1)OCCO2. The van der Waals surface area contributed by atoms with Gasteiger partial charge in [0.1, 0.15) is 24.0 Å². The van der Waals surface area contributed by atoms with E-state index in [0.717, 1.165) is 34.2 Å². The van der Waals surface area contributed by atoms with Gasteiger partial charge < -0.3 is 19.5 Å². The van der Waals surface area contributed by atoms with Crippen molar-refractivity contribution in [3.05, 3.63) is 56.7 Å². The quantitative estimate of drug-likeness (QED) is 0.662. The summed E-state index contributed by atoms with van der Waals surface area (Å²) in [6.45, 7) is 1.81. The number of benzene rings is 1. The van der Waals surface area contributed by atoms with Crippen molar-refractivity contribution < 1.29 is 14.2 Å². The van der Waals surface area contributed by atoms with E-state index in [1.165, 1.54) is 5.56 Å². The second kappa shape index (κ2) is 8.07. The summed E-state index contributed by atoms with van der Waals surface area (Å²) in [5, 5.41) is 11.0. The molecule has 136 valence electrons. The monoisotopic (exact) mass is 388 g/mol. The molecule has 0 bridgehead atoms. The van der Waals surface area contributed by atoms with Gasteiger partial charge in [0.2, 0.25) is 0 Å². The zero-order chi connectivity index (χ0) is 17.8. The molecule has 5 nitrogen and oxygen atoms in total. The highest BCUT2D eigenvalue weighted by molar-refractivity contribution is 7.09. The fourth-order valence-corrected chi connectivity index (χ4v) is 4.37. The molecule has 2 aromatic heterocycles. The zero-order valence-corrected chi connectivity index (χ0v) is 16.1. The largest absolute Gasteiger partial charge is 0.496 e. The Morgan fingerprint density at radius 1 is 1.23 bits per heavy atom. The second-order valence-electron chi connectivity index (χ2n) is 5.95. The van der Waals surface area contributed by atoms with Gasteiger partial charge in [-0.15, -0.1) is 11.3 Å². The van der Waals surface area contributed by atoms with Gasteiger partial charge in [0.25, 0.3) is 0 Å². The van der Waals surface area contributed by atoms with Crippen molar-refractivity contribution in [3.8, 4) is 17.2 Å². The van der Waals surface area contributed by atoms with Crippen molar-refractivity contribution in [2.75, 3.05) is 20.3 Å². The Morgan fingerprint density at radius 2 is 2.08 bits per heavy atom. The molecule has 3 heterocycles. The van der Waals surface area contributed by atoms with Crippen LogP contribution >= 0.6 is 22.7 Å². The van der Waals surface area contributed by atoms with E-state index in [4.69, 9.17) is 14.2 Å². The maximum Gasteiger partial charge on any atom is 0.165 e. The predicted molar refractivity (Wildman–Crippen MR) is 104 cm³/mol.